The summed E-state index contributed by atoms with van der Waals surface area (Å²) < 4.78 is 0. The van der Waals surface area contributed by atoms with Crippen LogP contribution in [0.3, 0.4) is 0 Å². The van der Waals surface area contributed by atoms with Crippen LogP contribution < -0.4 is 0 Å². The Morgan fingerprint density at radius 1 is 1.53 bits per heavy atom. The Labute approximate surface area is 107 Å². The van der Waals surface area contributed by atoms with Crippen LogP contribution in [0.5, 0.6) is 0 Å². The molecule has 0 aromatic carbocycles. The molecule has 1 N–H and O–H groups in total. The van der Waals surface area contributed by atoms with E-state index >= 15 is 0 Å². The number of halogens is 1. The van der Waals surface area contributed by atoms with Crippen molar-refractivity contribution in [2.24, 2.45) is 0 Å². The van der Waals surface area contributed by atoms with Gasteiger partial charge >= 0.3 is 0 Å². The molecular formula is C12H19ClN4. The summed E-state index contributed by atoms with van der Waals surface area (Å²) in [4.78, 5) is 6.84. The molecule has 94 valence electrons. The third kappa shape index (κ3) is 3.30. The summed E-state index contributed by atoms with van der Waals surface area (Å²) >= 11 is 5.82. The molecule has 0 aliphatic carbocycles. The highest BCUT2D eigenvalue weighted by molar-refractivity contribution is 6.29. The lowest BCUT2D eigenvalue weighted by molar-refractivity contribution is 0.227. The van der Waals surface area contributed by atoms with E-state index in [1.165, 1.54) is 0 Å². The molecule has 0 atom stereocenters. The first-order valence-corrected chi connectivity index (χ1v) is 6.53. The van der Waals surface area contributed by atoms with Gasteiger partial charge in [-0.05, 0) is 25.9 Å². The number of H-pyrrole nitrogens is 1. The minimum Gasteiger partial charge on any atom is -0.298 e. The van der Waals surface area contributed by atoms with Crippen LogP contribution in [0.2, 0.25) is 0 Å². The van der Waals surface area contributed by atoms with Gasteiger partial charge in [-0.25, -0.2) is 4.98 Å². The number of aryl methyl sites for hydroxylation is 1. The Hall–Kier alpha value is -0.870. The molecule has 1 aromatic rings. The third-order valence-corrected chi connectivity index (χ3v) is 3.35. The molecule has 0 bridgehead atoms. The van der Waals surface area contributed by atoms with Crippen LogP contribution >= 0.6 is 11.6 Å². The van der Waals surface area contributed by atoms with Gasteiger partial charge in [0.15, 0.2) is 5.82 Å². The minimum atomic E-state index is 0.492. The predicted octanol–water partition coefficient (Wildman–Crippen LogP) is 2.30. The van der Waals surface area contributed by atoms with Crippen molar-refractivity contribution in [1.29, 1.82) is 0 Å². The molecule has 0 unspecified atom stereocenters. The maximum atomic E-state index is 5.82. The molecule has 0 radical (unpaired) electrons. The standard InChI is InChI=1S/C12H19ClN4/c1-3-11-14-12(16-15-11)10-4-6-17(7-5-10)8-9(2)13/h10H,2-8H2,1H3,(H,14,15,16). The summed E-state index contributed by atoms with van der Waals surface area (Å²) in [7, 11) is 0. The fourth-order valence-electron chi connectivity index (χ4n) is 2.24. The van der Waals surface area contributed by atoms with E-state index in [0.717, 1.165) is 55.6 Å². The van der Waals surface area contributed by atoms with Crippen molar-refractivity contribution >= 4 is 11.6 Å². The maximum absolute atomic E-state index is 5.82. The summed E-state index contributed by atoms with van der Waals surface area (Å²) in [6.07, 6.45) is 3.12. The van der Waals surface area contributed by atoms with Crippen LogP contribution in [0, 0.1) is 0 Å². The zero-order chi connectivity index (χ0) is 12.3. The van der Waals surface area contributed by atoms with Gasteiger partial charge in [0.1, 0.15) is 5.82 Å². The fraction of sp³-hybridized carbons (Fsp3) is 0.667. The predicted molar refractivity (Wildman–Crippen MR) is 69.2 cm³/mol. The van der Waals surface area contributed by atoms with Gasteiger partial charge in [-0.1, -0.05) is 25.1 Å². The molecule has 1 fully saturated rings. The highest BCUT2D eigenvalue weighted by atomic mass is 35.5. The van der Waals surface area contributed by atoms with E-state index in [2.05, 4.69) is 33.6 Å². The fourth-order valence-corrected chi connectivity index (χ4v) is 2.41. The first-order valence-electron chi connectivity index (χ1n) is 6.16. The van der Waals surface area contributed by atoms with E-state index in [4.69, 9.17) is 11.6 Å². The molecule has 0 amide bonds. The van der Waals surface area contributed by atoms with Crippen LogP contribution in [0.25, 0.3) is 0 Å². The number of aromatic nitrogens is 3. The maximum Gasteiger partial charge on any atom is 0.153 e. The summed E-state index contributed by atoms with van der Waals surface area (Å²) in [5.74, 6) is 2.45. The number of nitrogens with zero attached hydrogens (tertiary/aromatic N) is 3. The molecule has 1 aromatic heterocycles. The normalized spacial score (nSPS) is 18.5. The van der Waals surface area contributed by atoms with E-state index < -0.39 is 0 Å². The van der Waals surface area contributed by atoms with Gasteiger partial charge in [0.25, 0.3) is 0 Å². The molecule has 0 spiro atoms. The van der Waals surface area contributed by atoms with E-state index in [1.807, 2.05) is 0 Å². The highest BCUT2D eigenvalue weighted by Gasteiger charge is 2.23. The Balaban J connectivity index is 1.88. The summed E-state index contributed by atoms with van der Waals surface area (Å²) in [6, 6.07) is 0. The van der Waals surface area contributed by atoms with Crippen molar-refractivity contribution < 1.29 is 0 Å². The third-order valence-electron chi connectivity index (χ3n) is 3.23. The molecule has 2 rings (SSSR count). The van der Waals surface area contributed by atoms with E-state index in [1.54, 1.807) is 0 Å². The van der Waals surface area contributed by atoms with Gasteiger partial charge in [0.05, 0.1) is 0 Å². The molecule has 5 heteroatoms. The summed E-state index contributed by atoms with van der Waals surface area (Å²) in [5.41, 5.74) is 0. The molecular weight excluding hydrogens is 236 g/mol. The van der Waals surface area contributed by atoms with Crippen molar-refractivity contribution in [2.75, 3.05) is 19.6 Å². The average molecular weight is 255 g/mol. The number of piperidine rings is 1. The summed E-state index contributed by atoms with van der Waals surface area (Å²) in [5, 5.41) is 8.00. The smallest absolute Gasteiger partial charge is 0.153 e. The lowest BCUT2D eigenvalue weighted by atomic mass is 9.96. The molecule has 1 saturated heterocycles. The Kier molecular flexibility index (Phi) is 4.18. The van der Waals surface area contributed by atoms with Gasteiger partial charge in [-0.15, -0.1) is 0 Å². The second-order valence-electron chi connectivity index (χ2n) is 4.56. The SMILES string of the molecule is C=C(Cl)CN1CCC(c2n[nH]c(CC)n2)CC1. The van der Waals surface area contributed by atoms with Crippen molar-refractivity contribution in [3.05, 3.63) is 23.3 Å². The number of hydrogen-bond acceptors (Lipinski definition) is 3. The van der Waals surface area contributed by atoms with Crippen molar-refractivity contribution in [1.82, 2.24) is 20.1 Å². The van der Waals surface area contributed by atoms with Gasteiger partial charge in [0, 0.05) is 23.9 Å². The second kappa shape index (κ2) is 5.65. The van der Waals surface area contributed by atoms with Gasteiger partial charge in [0.2, 0.25) is 0 Å². The first kappa shape index (κ1) is 12.6. The van der Waals surface area contributed by atoms with Crippen molar-refractivity contribution in [3.8, 4) is 0 Å². The lowest BCUT2D eigenvalue weighted by Crippen LogP contribution is -2.34. The Bertz CT molecular complexity index is 380. The Morgan fingerprint density at radius 2 is 2.24 bits per heavy atom. The van der Waals surface area contributed by atoms with Crippen LogP contribution in [0.15, 0.2) is 11.6 Å². The molecule has 1 aliphatic rings. The zero-order valence-corrected chi connectivity index (χ0v) is 11.0. The topological polar surface area (TPSA) is 44.8 Å². The average Bonchev–Trinajstić information content (AvgIpc) is 2.78. The van der Waals surface area contributed by atoms with Crippen molar-refractivity contribution in [3.63, 3.8) is 0 Å². The monoisotopic (exact) mass is 254 g/mol. The van der Waals surface area contributed by atoms with Gasteiger partial charge in [-0.3, -0.25) is 10.00 Å². The van der Waals surface area contributed by atoms with E-state index in [9.17, 15) is 0 Å². The number of hydrogen-bond donors (Lipinski definition) is 1. The quantitative estimate of drug-likeness (QED) is 0.897. The lowest BCUT2D eigenvalue weighted by Gasteiger charge is -2.30. The molecule has 4 nitrogen and oxygen atoms in total. The number of nitrogens with one attached hydrogen (secondary N) is 1. The number of rotatable bonds is 4. The first-order chi connectivity index (χ1) is 8.19. The summed E-state index contributed by atoms with van der Waals surface area (Å²) in [6.45, 7) is 8.71. The van der Waals surface area contributed by atoms with E-state index in [-0.39, 0.29) is 0 Å². The minimum absolute atomic E-state index is 0.492. The highest BCUT2D eigenvalue weighted by Crippen LogP contribution is 2.25. The van der Waals surface area contributed by atoms with Gasteiger partial charge in [-0.2, -0.15) is 5.10 Å². The Morgan fingerprint density at radius 3 is 2.76 bits per heavy atom. The van der Waals surface area contributed by atoms with Crippen LogP contribution in [-0.2, 0) is 6.42 Å². The zero-order valence-electron chi connectivity index (χ0n) is 10.2. The van der Waals surface area contributed by atoms with Crippen LogP contribution in [0.4, 0.5) is 0 Å². The van der Waals surface area contributed by atoms with Gasteiger partial charge < -0.3 is 0 Å². The number of likely N-dealkylation sites (tertiary alicyclic amines) is 1. The second-order valence-corrected chi connectivity index (χ2v) is 5.10. The van der Waals surface area contributed by atoms with Crippen LogP contribution in [-0.4, -0.2) is 39.7 Å². The van der Waals surface area contributed by atoms with E-state index in [0.29, 0.717) is 5.92 Å². The van der Waals surface area contributed by atoms with Crippen LogP contribution in [0.1, 0.15) is 37.3 Å². The molecule has 1 aliphatic heterocycles. The molecule has 2 heterocycles. The molecule has 17 heavy (non-hydrogen) atoms. The molecule has 0 saturated carbocycles. The number of aromatic amines is 1. The van der Waals surface area contributed by atoms with Crippen molar-refractivity contribution in [2.45, 2.75) is 32.1 Å². The largest absolute Gasteiger partial charge is 0.298 e.